The van der Waals surface area contributed by atoms with Gasteiger partial charge in [-0.05, 0) is 42.3 Å². The van der Waals surface area contributed by atoms with Crippen molar-refractivity contribution in [2.24, 2.45) is 5.92 Å². The Bertz CT molecular complexity index is 1160. The molecule has 0 unspecified atom stereocenters. The summed E-state index contributed by atoms with van der Waals surface area (Å²) in [7, 11) is 1.82. The van der Waals surface area contributed by atoms with E-state index in [9.17, 15) is 4.79 Å². The van der Waals surface area contributed by atoms with Crippen LogP contribution in [0.1, 0.15) is 28.4 Å². The SMILES string of the molecule is CCc1cc(-c2cc(Oc3ccc(C=N)c(NC)c3)ccn2)ccc1C(=O)NCC1CNC1. The van der Waals surface area contributed by atoms with Crippen LogP contribution < -0.4 is 20.7 Å². The molecule has 1 saturated heterocycles. The molecule has 0 aliphatic carbocycles. The van der Waals surface area contributed by atoms with Gasteiger partial charge in [0.15, 0.2) is 0 Å². The Labute approximate surface area is 194 Å². The Morgan fingerprint density at radius 3 is 2.70 bits per heavy atom. The van der Waals surface area contributed by atoms with E-state index in [-0.39, 0.29) is 5.91 Å². The quantitative estimate of drug-likeness (QED) is 0.373. The van der Waals surface area contributed by atoms with Crippen molar-refractivity contribution in [2.45, 2.75) is 13.3 Å². The van der Waals surface area contributed by atoms with Gasteiger partial charge >= 0.3 is 0 Å². The molecule has 0 spiro atoms. The summed E-state index contributed by atoms with van der Waals surface area (Å²) in [5.74, 6) is 1.84. The zero-order valence-electron chi connectivity index (χ0n) is 18.9. The summed E-state index contributed by atoms with van der Waals surface area (Å²) < 4.78 is 6.05. The van der Waals surface area contributed by atoms with Crippen molar-refractivity contribution in [3.05, 3.63) is 71.4 Å². The normalized spacial score (nSPS) is 13.2. The zero-order chi connectivity index (χ0) is 23.2. The number of rotatable bonds is 9. The van der Waals surface area contributed by atoms with Crippen LogP contribution in [0.2, 0.25) is 0 Å². The second kappa shape index (κ2) is 10.3. The lowest BCUT2D eigenvalue weighted by molar-refractivity contribution is 0.0941. The van der Waals surface area contributed by atoms with Crippen LogP contribution in [0.3, 0.4) is 0 Å². The Balaban J connectivity index is 1.52. The second-order valence-corrected chi connectivity index (χ2v) is 8.08. The summed E-state index contributed by atoms with van der Waals surface area (Å²) in [6.45, 7) is 4.68. The smallest absolute Gasteiger partial charge is 0.251 e. The number of ether oxygens (including phenoxy) is 1. The molecule has 0 saturated carbocycles. The highest BCUT2D eigenvalue weighted by Crippen LogP contribution is 2.29. The molecular weight excluding hydrogens is 414 g/mol. The van der Waals surface area contributed by atoms with Crippen molar-refractivity contribution in [3.8, 4) is 22.8 Å². The van der Waals surface area contributed by atoms with Crippen molar-refractivity contribution < 1.29 is 9.53 Å². The van der Waals surface area contributed by atoms with Gasteiger partial charge in [0.1, 0.15) is 11.5 Å². The number of aryl methyl sites for hydroxylation is 1. The lowest BCUT2D eigenvalue weighted by atomic mass is 9.98. The first kappa shape index (κ1) is 22.5. The fraction of sp³-hybridized carbons (Fsp3) is 0.269. The lowest BCUT2D eigenvalue weighted by Crippen LogP contribution is -2.48. The minimum atomic E-state index is -0.0240. The minimum absolute atomic E-state index is 0.0240. The number of aromatic nitrogens is 1. The fourth-order valence-corrected chi connectivity index (χ4v) is 3.80. The fourth-order valence-electron chi connectivity index (χ4n) is 3.80. The lowest BCUT2D eigenvalue weighted by Gasteiger charge is -2.27. The van der Waals surface area contributed by atoms with Gasteiger partial charge in [-0.1, -0.05) is 13.0 Å². The molecule has 1 aromatic heterocycles. The molecule has 7 heteroatoms. The van der Waals surface area contributed by atoms with Crippen LogP contribution in [0.15, 0.2) is 54.7 Å². The summed E-state index contributed by atoms with van der Waals surface area (Å²) in [6, 6.07) is 15.1. The molecule has 33 heavy (non-hydrogen) atoms. The van der Waals surface area contributed by atoms with Crippen LogP contribution in [0.25, 0.3) is 11.3 Å². The largest absolute Gasteiger partial charge is 0.457 e. The highest BCUT2D eigenvalue weighted by Gasteiger charge is 2.19. The number of carbonyl (C=O) groups excluding carboxylic acids is 1. The average molecular weight is 444 g/mol. The molecule has 2 aromatic carbocycles. The van der Waals surface area contributed by atoms with Crippen molar-refractivity contribution >= 4 is 17.8 Å². The van der Waals surface area contributed by atoms with E-state index in [2.05, 4.69) is 27.9 Å². The summed E-state index contributed by atoms with van der Waals surface area (Å²) in [6.07, 6.45) is 3.78. The molecule has 0 radical (unpaired) electrons. The molecule has 2 heterocycles. The first-order chi connectivity index (χ1) is 16.1. The van der Waals surface area contributed by atoms with Gasteiger partial charge in [0.05, 0.1) is 5.69 Å². The summed E-state index contributed by atoms with van der Waals surface area (Å²) in [4.78, 5) is 17.2. The van der Waals surface area contributed by atoms with Gasteiger partial charge in [0.2, 0.25) is 0 Å². The number of pyridine rings is 1. The highest BCUT2D eigenvalue weighted by molar-refractivity contribution is 5.96. The molecule has 170 valence electrons. The van der Waals surface area contributed by atoms with Gasteiger partial charge in [-0.25, -0.2) is 0 Å². The Hall–Kier alpha value is -3.71. The number of benzene rings is 2. The van der Waals surface area contributed by atoms with Gasteiger partial charge in [-0.15, -0.1) is 0 Å². The van der Waals surface area contributed by atoms with Crippen LogP contribution >= 0.6 is 0 Å². The monoisotopic (exact) mass is 443 g/mol. The van der Waals surface area contributed by atoms with E-state index in [1.54, 1.807) is 6.20 Å². The van der Waals surface area contributed by atoms with E-state index in [0.717, 1.165) is 47.6 Å². The molecule has 4 N–H and O–H groups in total. The molecule has 0 bridgehead atoms. The molecule has 1 amide bonds. The van der Waals surface area contributed by atoms with E-state index < -0.39 is 0 Å². The van der Waals surface area contributed by atoms with E-state index in [0.29, 0.717) is 29.5 Å². The van der Waals surface area contributed by atoms with Crippen molar-refractivity contribution in [1.29, 1.82) is 5.41 Å². The average Bonchev–Trinajstić information content (AvgIpc) is 2.82. The highest BCUT2D eigenvalue weighted by atomic mass is 16.5. The third-order valence-electron chi connectivity index (χ3n) is 5.86. The number of hydrogen-bond donors (Lipinski definition) is 4. The molecule has 0 atom stereocenters. The summed E-state index contributed by atoms with van der Waals surface area (Å²) in [5, 5.41) is 16.8. The molecule has 1 aliphatic heterocycles. The maximum absolute atomic E-state index is 12.7. The van der Waals surface area contributed by atoms with Crippen molar-refractivity contribution in [2.75, 3.05) is 32.0 Å². The third-order valence-corrected chi connectivity index (χ3v) is 5.86. The van der Waals surface area contributed by atoms with Crippen LogP contribution in [-0.4, -0.2) is 43.8 Å². The Morgan fingerprint density at radius 2 is 2.00 bits per heavy atom. The molecule has 7 nitrogen and oxygen atoms in total. The van der Waals surface area contributed by atoms with Crippen molar-refractivity contribution in [1.82, 2.24) is 15.6 Å². The molecule has 1 fully saturated rings. The van der Waals surface area contributed by atoms with Crippen LogP contribution in [0.4, 0.5) is 5.69 Å². The standard InChI is InChI=1S/C26H29N5O2/c1-3-18-10-19(5-7-23(18)26(32)31-16-17-14-29-15-17)25-12-22(8-9-30-25)33-21-6-4-20(13-27)24(11-21)28-2/h4-13,17,27-29H,3,14-16H2,1-2H3,(H,31,32). The van der Waals surface area contributed by atoms with Gasteiger partial charge in [-0.3, -0.25) is 9.78 Å². The number of hydrogen-bond acceptors (Lipinski definition) is 6. The molecule has 3 aromatic rings. The van der Waals surface area contributed by atoms with Crippen molar-refractivity contribution in [3.63, 3.8) is 0 Å². The number of amides is 1. The minimum Gasteiger partial charge on any atom is -0.457 e. The zero-order valence-corrected chi connectivity index (χ0v) is 18.9. The van der Waals surface area contributed by atoms with Crippen LogP contribution in [0.5, 0.6) is 11.5 Å². The van der Waals surface area contributed by atoms with Crippen LogP contribution in [-0.2, 0) is 6.42 Å². The predicted molar refractivity (Wildman–Crippen MR) is 132 cm³/mol. The molecular formula is C26H29N5O2. The van der Waals surface area contributed by atoms with Gasteiger partial charge in [0.25, 0.3) is 5.91 Å². The number of anilines is 1. The maximum Gasteiger partial charge on any atom is 0.251 e. The van der Waals surface area contributed by atoms with Crippen LogP contribution in [0, 0.1) is 11.3 Å². The van der Waals surface area contributed by atoms with Gasteiger partial charge < -0.3 is 26.1 Å². The summed E-state index contributed by atoms with van der Waals surface area (Å²) in [5.41, 5.74) is 5.04. The number of carbonyl (C=O) groups is 1. The predicted octanol–water partition coefficient (Wildman–Crippen LogP) is 4.09. The van der Waals surface area contributed by atoms with Gasteiger partial charge in [0, 0.05) is 79.5 Å². The molecule has 4 rings (SSSR count). The van der Waals surface area contributed by atoms with Gasteiger partial charge in [-0.2, -0.15) is 0 Å². The van der Waals surface area contributed by atoms with E-state index in [4.69, 9.17) is 10.1 Å². The Kier molecular flexibility index (Phi) is 7.00. The van der Waals surface area contributed by atoms with E-state index in [1.165, 1.54) is 6.21 Å². The first-order valence-corrected chi connectivity index (χ1v) is 11.2. The molecule has 1 aliphatic rings. The topological polar surface area (TPSA) is 99.1 Å². The summed E-state index contributed by atoms with van der Waals surface area (Å²) >= 11 is 0. The second-order valence-electron chi connectivity index (χ2n) is 8.08. The van der Waals surface area contributed by atoms with E-state index in [1.807, 2.05) is 55.6 Å². The van der Waals surface area contributed by atoms with E-state index >= 15 is 0 Å². The third kappa shape index (κ3) is 5.21. The number of nitrogens with zero attached hydrogens (tertiary/aromatic N) is 1. The Morgan fingerprint density at radius 1 is 1.18 bits per heavy atom. The number of nitrogens with one attached hydrogen (secondary N) is 4. The maximum atomic E-state index is 12.7. The first-order valence-electron chi connectivity index (χ1n) is 11.2.